The molecule has 0 fully saturated rings. The number of aromatic nitrogens is 4. The topological polar surface area (TPSA) is 81.3 Å². The maximum Gasteiger partial charge on any atom is 0.272 e. The summed E-state index contributed by atoms with van der Waals surface area (Å²) in [5.41, 5.74) is 1.93. The zero-order valence-electron chi connectivity index (χ0n) is 13.0. The molecule has 3 aromatic rings. The van der Waals surface area contributed by atoms with Crippen LogP contribution in [0.1, 0.15) is 39.5 Å². The Hall–Kier alpha value is -2.38. The summed E-state index contributed by atoms with van der Waals surface area (Å²) in [7, 11) is 0. The van der Waals surface area contributed by atoms with Crippen LogP contribution in [0.5, 0.6) is 0 Å². The number of nitrogens with one attached hydrogen (secondary N) is 1. The van der Waals surface area contributed by atoms with E-state index in [0.29, 0.717) is 40.0 Å². The van der Waals surface area contributed by atoms with Crippen molar-refractivity contribution in [3.63, 3.8) is 0 Å². The van der Waals surface area contributed by atoms with Gasteiger partial charge in [-0.05, 0) is 12.5 Å². The highest BCUT2D eigenvalue weighted by atomic mass is 35.5. The van der Waals surface area contributed by atoms with E-state index in [0.717, 1.165) is 6.42 Å². The van der Waals surface area contributed by atoms with Gasteiger partial charge in [0.05, 0.1) is 22.3 Å². The Labute approximate surface area is 152 Å². The molecule has 3 aromatic heterocycles. The number of fused-ring (bicyclic) bond motifs is 2. The SMILES string of the molecule is O=C(NCc1cn2cc(Cl)cc(Cl)c2n1)c1cc2n(n1)CCCC2=O. The van der Waals surface area contributed by atoms with Gasteiger partial charge >= 0.3 is 0 Å². The first-order chi connectivity index (χ1) is 12.0. The summed E-state index contributed by atoms with van der Waals surface area (Å²) in [6.45, 7) is 0.866. The molecule has 4 heterocycles. The van der Waals surface area contributed by atoms with Crippen LogP contribution in [0.3, 0.4) is 0 Å². The molecule has 25 heavy (non-hydrogen) atoms. The molecule has 0 atom stereocenters. The highest BCUT2D eigenvalue weighted by Crippen LogP contribution is 2.22. The van der Waals surface area contributed by atoms with Gasteiger partial charge < -0.3 is 9.72 Å². The van der Waals surface area contributed by atoms with Crippen molar-refractivity contribution in [1.29, 1.82) is 0 Å². The zero-order chi connectivity index (χ0) is 17.6. The Morgan fingerprint density at radius 3 is 2.92 bits per heavy atom. The third kappa shape index (κ3) is 3.01. The van der Waals surface area contributed by atoms with Crippen molar-refractivity contribution in [2.45, 2.75) is 25.9 Å². The molecule has 0 radical (unpaired) electrons. The molecule has 0 saturated carbocycles. The second-order valence-electron chi connectivity index (χ2n) is 5.82. The number of ketones is 1. The molecular formula is C16H13Cl2N5O2. The number of halogens is 2. The number of aryl methyl sites for hydroxylation is 1. The van der Waals surface area contributed by atoms with Crippen LogP contribution in [-0.4, -0.2) is 30.9 Å². The van der Waals surface area contributed by atoms with Gasteiger partial charge in [0, 0.05) is 31.4 Å². The second kappa shape index (κ2) is 6.16. The van der Waals surface area contributed by atoms with Gasteiger partial charge in [0.2, 0.25) is 0 Å². The Bertz CT molecular complexity index is 1010. The first kappa shape index (κ1) is 16.1. The molecule has 0 unspecified atom stereocenters. The number of pyridine rings is 1. The summed E-state index contributed by atoms with van der Waals surface area (Å²) in [4.78, 5) is 28.5. The first-order valence-electron chi connectivity index (χ1n) is 7.73. The largest absolute Gasteiger partial charge is 0.345 e. The van der Waals surface area contributed by atoms with E-state index in [2.05, 4.69) is 15.4 Å². The maximum atomic E-state index is 12.3. The number of hydrogen-bond acceptors (Lipinski definition) is 4. The number of carbonyl (C=O) groups excluding carboxylic acids is 2. The van der Waals surface area contributed by atoms with E-state index in [1.807, 2.05) is 0 Å². The highest BCUT2D eigenvalue weighted by molar-refractivity contribution is 6.36. The molecule has 1 aliphatic rings. The van der Waals surface area contributed by atoms with E-state index >= 15 is 0 Å². The summed E-state index contributed by atoms with van der Waals surface area (Å²) in [5, 5.41) is 7.89. The minimum Gasteiger partial charge on any atom is -0.345 e. The molecule has 1 aliphatic heterocycles. The first-order valence-corrected chi connectivity index (χ1v) is 8.49. The quantitative estimate of drug-likeness (QED) is 0.760. The minimum atomic E-state index is -0.351. The molecule has 9 heteroatoms. The summed E-state index contributed by atoms with van der Waals surface area (Å²) in [6, 6.07) is 3.15. The fraction of sp³-hybridized carbons (Fsp3) is 0.250. The third-order valence-corrected chi connectivity index (χ3v) is 4.51. The van der Waals surface area contributed by atoms with Gasteiger partial charge in [-0.15, -0.1) is 0 Å². The monoisotopic (exact) mass is 377 g/mol. The lowest BCUT2D eigenvalue weighted by Gasteiger charge is -2.10. The molecule has 1 N–H and O–H groups in total. The normalized spacial score (nSPS) is 13.9. The predicted molar refractivity (Wildman–Crippen MR) is 92.2 cm³/mol. The number of imidazole rings is 1. The molecular weight excluding hydrogens is 365 g/mol. The van der Waals surface area contributed by atoms with Crippen molar-refractivity contribution in [3.8, 4) is 0 Å². The van der Waals surface area contributed by atoms with Crippen molar-refractivity contribution < 1.29 is 9.59 Å². The number of Topliss-reactive ketones (excluding diaryl/α,β-unsaturated/α-hetero) is 1. The molecule has 128 valence electrons. The fourth-order valence-electron chi connectivity index (χ4n) is 2.86. The fourth-order valence-corrected chi connectivity index (χ4v) is 3.39. The molecule has 0 spiro atoms. The highest BCUT2D eigenvalue weighted by Gasteiger charge is 2.22. The average molecular weight is 378 g/mol. The Morgan fingerprint density at radius 2 is 2.12 bits per heavy atom. The van der Waals surface area contributed by atoms with E-state index in [4.69, 9.17) is 23.2 Å². The number of carbonyl (C=O) groups is 2. The zero-order valence-corrected chi connectivity index (χ0v) is 14.5. The molecule has 0 saturated heterocycles. The molecule has 0 aliphatic carbocycles. The van der Waals surface area contributed by atoms with E-state index in [1.165, 1.54) is 6.07 Å². The standard InChI is InChI=1S/C16H13Cl2N5O2/c17-9-4-11(18)15-20-10(8-22(15)7-9)6-19-16(25)12-5-13-14(24)2-1-3-23(13)21-12/h4-5,7-8H,1-3,6H2,(H,19,25). The van der Waals surface area contributed by atoms with Crippen molar-refractivity contribution in [3.05, 3.63) is 51.7 Å². The summed E-state index contributed by atoms with van der Waals surface area (Å²) >= 11 is 12.1. The molecule has 4 rings (SSSR count). The van der Waals surface area contributed by atoms with Gasteiger partial charge in [0.1, 0.15) is 5.69 Å². The summed E-state index contributed by atoms with van der Waals surface area (Å²) < 4.78 is 3.30. The van der Waals surface area contributed by atoms with Crippen molar-refractivity contribution in [2.75, 3.05) is 0 Å². The van der Waals surface area contributed by atoms with Gasteiger partial charge in [-0.3, -0.25) is 14.3 Å². The number of nitrogens with zero attached hydrogens (tertiary/aromatic N) is 4. The van der Waals surface area contributed by atoms with Crippen LogP contribution in [0.15, 0.2) is 24.5 Å². The average Bonchev–Trinajstić information content (AvgIpc) is 3.17. The van der Waals surface area contributed by atoms with Gasteiger partial charge in [0.25, 0.3) is 5.91 Å². The van der Waals surface area contributed by atoms with Crippen LogP contribution in [0, 0.1) is 0 Å². The van der Waals surface area contributed by atoms with Crippen LogP contribution in [0.2, 0.25) is 10.0 Å². The second-order valence-corrected chi connectivity index (χ2v) is 6.66. The summed E-state index contributed by atoms with van der Waals surface area (Å²) in [5.74, 6) is -0.333. The van der Waals surface area contributed by atoms with Gasteiger partial charge in [-0.25, -0.2) is 4.98 Å². The molecule has 0 aromatic carbocycles. The van der Waals surface area contributed by atoms with Gasteiger partial charge in [-0.1, -0.05) is 23.2 Å². The van der Waals surface area contributed by atoms with E-state index in [1.54, 1.807) is 27.5 Å². The van der Waals surface area contributed by atoms with Gasteiger partial charge in [0.15, 0.2) is 17.1 Å². The third-order valence-electron chi connectivity index (χ3n) is 4.02. The smallest absolute Gasteiger partial charge is 0.272 e. The lowest BCUT2D eigenvalue weighted by molar-refractivity contribution is 0.0936. The Kier molecular flexibility index (Phi) is 3.97. The van der Waals surface area contributed by atoms with Crippen LogP contribution < -0.4 is 5.32 Å². The van der Waals surface area contributed by atoms with E-state index < -0.39 is 0 Å². The van der Waals surface area contributed by atoms with E-state index in [9.17, 15) is 9.59 Å². The molecule has 7 nitrogen and oxygen atoms in total. The van der Waals surface area contributed by atoms with Gasteiger partial charge in [-0.2, -0.15) is 5.10 Å². The minimum absolute atomic E-state index is 0.0182. The van der Waals surface area contributed by atoms with Crippen molar-refractivity contribution in [1.82, 2.24) is 24.5 Å². The predicted octanol–water partition coefficient (Wildman–Crippen LogP) is 2.74. The lowest BCUT2D eigenvalue weighted by Crippen LogP contribution is -2.23. The lowest BCUT2D eigenvalue weighted by atomic mass is 10.1. The van der Waals surface area contributed by atoms with Crippen LogP contribution in [0.4, 0.5) is 0 Å². The number of hydrogen-bond donors (Lipinski definition) is 1. The molecule has 1 amide bonds. The van der Waals surface area contributed by atoms with Crippen LogP contribution in [0.25, 0.3) is 5.65 Å². The van der Waals surface area contributed by atoms with Crippen molar-refractivity contribution in [2.24, 2.45) is 0 Å². The molecule has 0 bridgehead atoms. The van der Waals surface area contributed by atoms with E-state index in [-0.39, 0.29) is 23.9 Å². The maximum absolute atomic E-state index is 12.3. The summed E-state index contributed by atoms with van der Waals surface area (Å²) in [6.07, 6.45) is 4.68. The number of rotatable bonds is 3. The number of amides is 1. The van der Waals surface area contributed by atoms with Crippen molar-refractivity contribution >= 4 is 40.5 Å². The van der Waals surface area contributed by atoms with Crippen LogP contribution in [-0.2, 0) is 13.1 Å². The Morgan fingerprint density at radius 1 is 1.28 bits per heavy atom. The Balaban J connectivity index is 1.51. The van der Waals surface area contributed by atoms with Crippen LogP contribution >= 0.6 is 23.2 Å².